The molecular formula is C22H46O4. The molecule has 0 aliphatic rings. The maximum Gasteiger partial charge on any atom is 0.303 e. The van der Waals surface area contributed by atoms with E-state index < -0.39 is 5.97 Å². The summed E-state index contributed by atoms with van der Waals surface area (Å²) in [6.45, 7) is 2.90. The van der Waals surface area contributed by atoms with E-state index in [1.165, 1.54) is 70.6 Å². The molecule has 0 fully saturated rings. The van der Waals surface area contributed by atoms with Crippen molar-refractivity contribution in [3.8, 4) is 0 Å². The van der Waals surface area contributed by atoms with Gasteiger partial charge in [0.1, 0.15) is 0 Å². The number of carbonyl (C=O) groups is 1. The van der Waals surface area contributed by atoms with Crippen molar-refractivity contribution in [1.29, 1.82) is 0 Å². The highest BCUT2D eigenvalue weighted by Crippen LogP contribution is 2.11. The number of hydrogen-bond acceptors (Lipinski definition) is 3. The van der Waals surface area contributed by atoms with Crippen molar-refractivity contribution in [2.45, 2.75) is 122 Å². The Labute approximate surface area is 162 Å². The van der Waals surface area contributed by atoms with Crippen molar-refractivity contribution in [3.05, 3.63) is 0 Å². The van der Waals surface area contributed by atoms with Crippen LogP contribution in [0.1, 0.15) is 122 Å². The summed E-state index contributed by atoms with van der Waals surface area (Å²) in [6.07, 6.45) is 20.8. The lowest BCUT2D eigenvalue weighted by Gasteiger charge is -2.01. The molecule has 0 saturated carbocycles. The number of carboxylic acid groups (broad SMARTS) is 1. The Hall–Kier alpha value is -0.610. The second kappa shape index (κ2) is 26.6. The second-order valence-electron chi connectivity index (χ2n) is 7.25. The molecule has 26 heavy (non-hydrogen) atoms. The molecule has 4 nitrogen and oxygen atoms in total. The minimum absolute atomic E-state index is 0.330. The van der Waals surface area contributed by atoms with Gasteiger partial charge in [-0.3, -0.25) is 4.79 Å². The topological polar surface area (TPSA) is 77.8 Å². The summed E-state index contributed by atoms with van der Waals surface area (Å²) in [7, 11) is 0. The molecule has 0 spiro atoms. The van der Waals surface area contributed by atoms with Crippen LogP contribution in [0.5, 0.6) is 0 Å². The highest BCUT2D eigenvalue weighted by molar-refractivity contribution is 5.66. The van der Waals surface area contributed by atoms with Gasteiger partial charge in [-0.2, -0.15) is 0 Å². The molecule has 4 heteroatoms. The SMILES string of the molecule is CCCCCCCCCCCCC(=O)O.OCCCCCCCCCO. The Morgan fingerprint density at radius 2 is 0.846 bits per heavy atom. The average molecular weight is 375 g/mol. The summed E-state index contributed by atoms with van der Waals surface area (Å²) >= 11 is 0. The van der Waals surface area contributed by atoms with E-state index in [9.17, 15) is 4.79 Å². The Bertz CT molecular complexity index is 249. The molecule has 0 aliphatic heterocycles. The summed E-state index contributed by atoms with van der Waals surface area (Å²) in [5.41, 5.74) is 0. The van der Waals surface area contributed by atoms with Crippen LogP contribution in [0.25, 0.3) is 0 Å². The quantitative estimate of drug-likeness (QED) is 0.239. The highest BCUT2D eigenvalue weighted by atomic mass is 16.4. The summed E-state index contributed by atoms with van der Waals surface area (Å²) in [6, 6.07) is 0. The number of unbranched alkanes of at least 4 members (excludes halogenated alkanes) is 15. The molecule has 0 radical (unpaired) electrons. The van der Waals surface area contributed by atoms with Crippen molar-refractivity contribution in [2.24, 2.45) is 0 Å². The highest BCUT2D eigenvalue weighted by Gasteiger charge is 1.96. The molecular weight excluding hydrogens is 328 g/mol. The fraction of sp³-hybridized carbons (Fsp3) is 0.955. The van der Waals surface area contributed by atoms with Crippen molar-refractivity contribution in [2.75, 3.05) is 13.2 Å². The Morgan fingerprint density at radius 1 is 0.538 bits per heavy atom. The number of aliphatic carboxylic acids is 1. The molecule has 0 unspecified atom stereocenters. The third-order valence-electron chi connectivity index (χ3n) is 4.56. The largest absolute Gasteiger partial charge is 0.481 e. The number of carboxylic acids is 1. The molecule has 0 bridgehead atoms. The van der Waals surface area contributed by atoms with Gasteiger partial charge in [-0.15, -0.1) is 0 Å². The van der Waals surface area contributed by atoms with Gasteiger partial charge >= 0.3 is 5.97 Å². The zero-order valence-corrected chi connectivity index (χ0v) is 17.4. The Morgan fingerprint density at radius 3 is 1.15 bits per heavy atom. The molecule has 0 amide bonds. The lowest BCUT2D eigenvalue weighted by atomic mass is 10.1. The summed E-state index contributed by atoms with van der Waals surface area (Å²) < 4.78 is 0. The van der Waals surface area contributed by atoms with E-state index in [0.29, 0.717) is 19.6 Å². The predicted octanol–water partition coefficient (Wildman–Crippen LogP) is 6.08. The lowest BCUT2D eigenvalue weighted by molar-refractivity contribution is -0.137. The smallest absolute Gasteiger partial charge is 0.303 e. The number of aliphatic hydroxyl groups is 2. The predicted molar refractivity (Wildman–Crippen MR) is 111 cm³/mol. The van der Waals surface area contributed by atoms with Gasteiger partial charge in [-0.25, -0.2) is 0 Å². The third kappa shape index (κ3) is 31.2. The molecule has 0 aromatic heterocycles. The average Bonchev–Trinajstić information content (AvgIpc) is 2.63. The van der Waals surface area contributed by atoms with E-state index in [-0.39, 0.29) is 0 Å². The first kappa shape index (κ1) is 27.6. The maximum absolute atomic E-state index is 10.2. The maximum atomic E-state index is 10.2. The fourth-order valence-corrected chi connectivity index (χ4v) is 2.87. The van der Waals surface area contributed by atoms with Crippen LogP contribution in [0.2, 0.25) is 0 Å². The van der Waals surface area contributed by atoms with Crippen molar-refractivity contribution < 1.29 is 20.1 Å². The van der Waals surface area contributed by atoms with Crippen molar-refractivity contribution in [1.82, 2.24) is 0 Å². The Balaban J connectivity index is 0. The van der Waals surface area contributed by atoms with Gasteiger partial charge in [0.25, 0.3) is 0 Å². The van der Waals surface area contributed by atoms with Crippen LogP contribution in [0, 0.1) is 0 Å². The van der Waals surface area contributed by atoms with Gasteiger partial charge < -0.3 is 15.3 Å². The van der Waals surface area contributed by atoms with Crippen LogP contribution in [-0.4, -0.2) is 34.5 Å². The molecule has 0 rings (SSSR count). The molecule has 0 heterocycles. The van der Waals surface area contributed by atoms with E-state index in [1.54, 1.807) is 0 Å². The molecule has 0 atom stereocenters. The van der Waals surface area contributed by atoms with E-state index >= 15 is 0 Å². The van der Waals surface area contributed by atoms with E-state index in [1.807, 2.05) is 0 Å². The first-order valence-electron chi connectivity index (χ1n) is 11.1. The second-order valence-corrected chi connectivity index (χ2v) is 7.25. The van der Waals surface area contributed by atoms with Crippen LogP contribution < -0.4 is 0 Å². The first-order chi connectivity index (χ1) is 12.7. The minimum Gasteiger partial charge on any atom is -0.481 e. The van der Waals surface area contributed by atoms with Gasteiger partial charge in [0, 0.05) is 19.6 Å². The van der Waals surface area contributed by atoms with Crippen LogP contribution in [0.4, 0.5) is 0 Å². The van der Waals surface area contributed by atoms with E-state index in [0.717, 1.165) is 38.5 Å². The molecule has 3 N–H and O–H groups in total. The van der Waals surface area contributed by atoms with Crippen LogP contribution in [0.3, 0.4) is 0 Å². The molecule has 0 aliphatic carbocycles. The normalized spacial score (nSPS) is 10.4. The Kier molecular flexibility index (Phi) is 28.3. The van der Waals surface area contributed by atoms with Crippen LogP contribution in [-0.2, 0) is 4.79 Å². The van der Waals surface area contributed by atoms with Gasteiger partial charge in [0.05, 0.1) is 0 Å². The summed E-state index contributed by atoms with van der Waals surface area (Å²) in [5, 5.41) is 25.4. The summed E-state index contributed by atoms with van der Waals surface area (Å²) in [4.78, 5) is 10.2. The zero-order valence-electron chi connectivity index (χ0n) is 17.4. The van der Waals surface area contributed by atoms with Gasteiger partial charge in [-0.1, -0.05) is 96.8 Å². The number of hydrogen-bond donors (Lipinski definition) is 3. The number of aliphatic hydroxyl groups excluding tert-OH is 2. The minimum atomic E-state index is -0.658. The van der Waals surface area contributed by atoms with E-state index in [2.05, 4.69) is 6.92 Å². The van der Waals surface area contributed by atoms with Crippen LogP contribution >= 0.6 is 0 Å². The number of rotatable bonds is 19. The van der Waals surface area contributed by atoms with Gasteiger partial charge in [-0.05, 0) is 19.3 Å². The van der Waals surface area contributed by atoms with Gasteiger partial charge in [0.15, 0.2) is 0 Å². The van der Waals surface area contributed by atoms with Crippen molar-refractivity contribution in [3.63, 3.8) is 0 Å². The fourth-order valence-electron chi connectivity index (χ4n) is 2.87. The van der Waals surface area contributed by atoms with Gasteiger partial charge in [0.2, 0.25) is 0 Å². The molecule has 0 aromatic rings. The summed E-state index contributed by atoms with van der Waals surface area (Å²) in [5.74, 6) is -0.658. The standard InChI is InChI=1S/C13H26O2.C9H20O2/c1-2-3-4-5-6-7-8-9-10-11-12-13(14)15;10-8-6-4-2-1-3-5-7-9-11/h2-12H2,1H3,(H,14,15);10-11H,1-9H2. The molecule has 158 valence electrons. The van der Waals surface area contributed by atoms with Crippen molar-refractivity contribution >= 4 is 5.97 Å². The molecule has 0 aromatic carbocycles. The molecule has 0 saturated heterocycles. The van der Waals surface area contributed by atoms with E-state index in [4.69, 9.17) is 15.3 Å². The lowest BCUT2D eigenvalue weighted by Crippen LogP contribution is -1.93. The zero-order chi connectivity index (χ0) is 19.7. The third-order valence-corrected chi connectivity index (χ3v) is 4.56. The first-order valence-corrected chi connectivity index (χ1v) is 11.1. The van der Waals surface area contributed by atoms with Crippen LogP contribution in [0.15, 0.2) is 0 Å². The monoisotopic (exact) mass is 374 g/mol.